The predicted octanol–water partition coefficient (Wildman–Crippen LogP) is 2.78. The van der Waals surface area contributed by atoms with E-state index >= 15 is 0 Å². The second-order valence-electron chi connectivity index (χ2n) is 9.05. The molecular weight excluding hydrogens is 480 g/mol. The number of aliphatic hydroxyl groups excluding tert-OH is 1. The molecule has 194 valence electrons. The number of hydrogen-bond acceptors (Lipinski definition) is 6. The van der Waals surface area contributed by atoms with Crippen LogP contribution in [0.4, 0.5) is 23.4 Å². The minimum absolute atomic E-state index is 0.0412. The number of piperidine rings is 1. The van der Waals surface area contributed by atoms with Gasteiger partial charge in [-0.15, -0.1) is 0 Å². The molecule has 1 aliphatic heterocycles. The number of aliphatic hydroxyl groups is 1. The van der Waals surface area contributed by atoms with Gasteiger partial charge in [0, 0.05) is 38.3 Å². The molecule has 12 heteroatoms. The molecule has 1 aromatic carbocycles. The Hall–Kier alpha value is -3.25. The lowest BCUT2D eigenvalue weighted by Gasteiger charge is -2.35. The molecule has 1 aliphatic rings. The van der Waals surface area contributed by atoms with Crippen LogP contribution in [0.25, 0.3) is 11.0 Å². The summed E-state index contributed by atoms with van der Waals surface area (Å²) in [4.78, 5) is 23.6. The lowest BCUT2D eigenvalue weighted by Crippen LogP contribution is -2.47. The first-order chi connectivity index (χ1) is 17.1. The van der Waals surface area contributed by atoms with Crippen LogP contribution in [0.3, 0.4) is 0 Å². The van der Waals surface area contributed by atoms with Crippen molar-refractivity contribution in [2.24, 2.45) is 11.7 Å². The lowest BCUT2D eigenvalue weighted by molar-refractivity contribution is -0.140. The monoisotopic (exact) mass is 508 g/mol. The van der Waals surface area contributed by atoms with Gasteiger partial charge in [-0.1, -0.05) is 6.07 Å². The number of carbonyl (C=O) groups is 1. The van der Waals surface area contributed by atoms with E-state index < -0.39 is 29.6 Å². The Morgan fingerprint density at radius 2 is 2.06 bits per heavy atom. The fraction of sp³-hybridized carbons (Fsp3) is 0.458. The summed E-state index contributed by atoms with van der Waals surface area (Å²) in [6, 6.07) is 4.78. The van der Waals surface area contributed by atoms with E-state index in [4.69, 9.17) is 5.73 Å². The van der Waals surface area contributed by atoms with Gasteiger partial charge in [0.1, 0.15) is 23.6 Å². The van der Waals surface area contributed by atoms with E-state index in [1.807, 2.05) is 33.6 Å². The first-order valence-corrected chi connectivity index (χ1v) is 11.7. The van der Waals surface area contributed by atoms with E-state index in [0.717, 1.165) is 17.5 Å². The van der Waals surface area contributed by atoms with Crippen molar-refractivity contribution in [2.45, 2.75) is 38.7 Å². The van der Waals surface area contributed by atoms with Crippen LogP contribution in [0.5, 0.6) is 0 Å². The van der Waals surface area contributed by atoms with Crippen molar-refractivity contribution >= 4 is 22.8 Å². The van der Waals surface area contributed by atoms with Crippen molar-refractivity contribution in [1.82, 2.24) is 19.4 Å². The van der Waals surface area contributed by atoms with Crippen molar-refractivity contribution in [3.63, 3.8) is 0 Å². The zero-order valence-electron chi connectivity index (χ0n) is 19.7. The highest BCUT2D eigenvalue weighted by Crippen LogP contribution is 2.32. The fourth-order valence-electron chi connectivity index (χ4n) is 4.71. The van der Waals surface area contributed by atoms with Gasteiger partial charge in [0.15, 0.2) is 0 Å². The molecule has 1 unspecified atom stereocenters. The van der Waals surface area contributed by atoms with Crippen molar-refractivity contribution in [2.75, 3.05) is 31.1 Å². The Morgan fingerprint density at radius 3 is 2.69 bits per heavy atom. The summed E-state index contributed by atoms with van der Waals surface area (Å²) in [5.41, 5.74) is 5.01. The molecule has 8 nitrogen and oxygen atoms in total. The largest absolute Gasteiger partial charge is 0.419 e. The highest BCUT2D eigenvalue weighted by molar-refractivity contribution is 5.87. The van der Waals surface area contributed by atoms with Crippen LogP contribution in [-0.2, 0) is 24.1 Å². The van der Waals surface area contributed by atoms with Crippen LogP contribution >= 0.6 is 0 Å². The number of nitrogens with zero attached hydrogens (tertiary/aromatic N) is 5. The molecule has 0 saturated carbocycles. The number of nitrogens with two attached hydrogens (primary N) is 1. The number of alkyl halides is 3. The van der Waals surface area contributed by atoms with E-state index in [-0.39, 0.29) is 19.0 Å². The summed E-state index contributed by atoms with van der Waals surface area (Å²) in [7, 11) is 0. The maximum atomic E-state index is 14.1. The summed E-state index contributed by atoms with van der Waals surface area (Å²) in [6.45, 7) is 4.17. The number of fused-ring (bicyclic) bond motifs is 1. The van der Waals surface area contributed by atoms with E-state index in [1.165, 1.54) is 12.4 Å². The van der Waals surface area contributed by atoms with Crippen LogP contribution in [-0.4, -0.2) is 62.7 Å². The first kappa shape index (κ1) is 25.8. The quantitative estimate of drug-likeness (QED) is 0.454. The van der Waals surface area contributed by atoms with Gasteiger partial charge >= 0.3 is 6.18 Å². The predicted molar refractivity (Wildman–Crippen MR) is 125 cm³/mol. The van der Waals surface area contributed by atoms with Gasteiger partial charge in [-0.2, -0.15) is 13.2 Å². The summed E-state index contributed by atoms with van der Waals surface area (Å²) in [5, 5.41) is 11.4. The summed E-state index contributed by atoms with van der Waals surface area (Å²) in [5.74, 6) is -1.20. The third-order valence-corrected chi connectivity index (χ3v) is 6.54. The van der Waals surface area contributed by atoms with Crippen molar-refractivity contribution in [3.8, 4) is 0 Å². The lowest BCUT2D eigenvalue weighted by atomic mass is 9.93. The van der Waals surface area contributed by atoms with Crippen LogP contribution < -0.4 is 10.6 Å². The molecule has 1 amide bonds. The third-order valence-electron chi connectivity index (χ3n) is 6.54. The normalized spacial score (nSPS) is 19.1. The van der Waals surface area contributed by atoms with Crippen LogP contribution in [0, 0.1) is 11.7 Å². The van der Waals surface area contributed by atoms with Crippen molar-refractivity contribution in [3.05, 3.63) is 53.7 Å². The molecule has 0 bridgehead atoms. The number of halogens is 4. The standard InChI is InChI=1S/C24H28F4N6O2/c1-2-33(10-15-3-4-18(19(25)9-15)24(26,27)28)22-17-6-8-34(23(17)31-14-30-22)11-16-5-7-32(12-20(16)35)13-21(29)36/h3-4,6,8-9,14,16,20,35H,2,5,7,10-13H2,1H3,(H2,29,36)/t16?,20-/m0/s1. The second-order valence-corrected chi connectivity index (χ2v) is 9.05. The summed E-state index contributed by atoms with van der Waals surface area (Å²) in [6.07, 6.45) is -1.42. The molecule has 4 rings (SSSR count). The molecule has 3 heterocycles. The Balaban J connectivity index is 1.52. The molecule has 0 aliphatic carbocycles. The van der Waals surface area contributed by atoms with E-state index in [0.29, 0.717) is 49.6 Å². The van der Waals surface area contributed by atoms with Gasteiger partial charge in [-0.3, -0.25) is 9.69 Å². The highest BCUT2D eigenvalue weighted by atomic mass is 19.4. The molecule has 3 N–H and O–H groups in total. The molecule has 1 fully saturated rings. The SMILES string of the molecule is CCN(Cc1ccc(C(F)(F)F)c(F)c1)c1ncnc2c1ccn2CC1CCN(CC(N)=O)C[C@@H]1O. The second kappa shape index (κ2) is 10.4. The number of anilines is 1. The number of β-amino-alcohol motifs (C(OH)–C–C–N with tert-alkyl or cyclic N) is 1. The van der Waals surface area contributed by atoms with Crippen molar-refractivity contribution < 1.29 is 27.5 Å². The molecule has 36 heavy (non-hydrogen) atoms. The summed E-state index contributed by atoms with van der Waals surface area (Å²) < 4.78 is 54.7. The number of amides is 1. The molecule has 2 aromatic heterocycles. The number of primary amides is 1. The topological polar surface area (TPSA) is 101 Å². The van der Waals surface area contributed by atoms with E-state index in [2.05, 4.69) is 9.97 Å². The van der Waals surface area contributed by atoms with Gasteiger partial charge < -0.3 is 20.3 Å². The highest BCUT2D eigenvalue weighted by Gasteiger charge is 2.34. The van der Waals surface area contributed by atoms with Gasteiger partial charge in [-0.25, -0.2) is 14.4 Å². The number of aromatic nitrogens is 3. The molecule has 3 aromatic rings. The smallest absolute Gasteiger partial charge is 0.391 e. The number of carbonyl (C=O) groups excluding carboxylic acids is 1. The number of likely N-dealkylation sites (tertiary alicyclic amines) is 1. The van der Waals surface area contributed by atoms with Gasteiger partial charge in [0.05, 0.1) is 23.6 Å². The average molecular weight is 509 g/mol. The molecule has 0 spiro atoms. The maximum Gasteiger partial charge on any atom is 0.419 e. The Bertz CT molecular complexity index is 1230. The fourth-order valence-corrected chi connectivity index (χ4v) is 4.71. The molecular formula is C24H28F4N6O2. The van der Waals surface area contributed by atoms with Gasteiger partial charge in [0.2, 0.25) is 5.91 Å². The van der Waals surface area contributed by atoms with Crippen LogP contribution in [0.1, 0.15) is 24.5 Å². The maximum absolute atomic E-state index is 14.1. The van der Waals surface area contributed by atoms with Crippen LogP contribution in [0.15, 0.2) is 36.8 Å². The van der Waals surface area contributed by atoms with Crippen LogP contribution in [0.2, 0.25) is 0 Å². The zero-order chi connectivity index (χ0) is 26.0. The Morgan fingerprint density at radius 1 is 1.28 bits per heavy atom. The molecule has 1 saturated heterocycles. The number of rotatable bonds is 8. The Labute approximate surface area is 205 Å². The van der Waals surface area contributed by atoms with Gasteiger partial charge in [-0.05, 0) is 43.7 Å². The minimum atomic E-state index is -4.75. The molecule has 2 atom stereocenters. The van der Waals surface area contributed by atoms with E-state index in [1.54, 1.807) is 0 Å². The van der Waals surface area contributed by atoms with E-state index in [9.17, 15) is 27.5 Å². The summed E-state index contributed by atoms with van der Waals surface area (Å²) >= 11 is 0. The number of hydrogen-bond donors (Lipinski definition) is 2. The Kier molecular flexibility index (Phi) is 7.46. The zero-order valence-corrected chi connectivity index (χ0v) is 19.7. The average Bonchev–Trinajstić information content (AvgIpc) is 3.21. The first-order valence-electron chi connectivity index (χ1n) is 11.7. The third kappa shape index (κ3) is 5.59. The minimum Gasteiger partial charge on any atom is -0.391 e. The van der Waals surface area contributed by atoms with Crippen molar-refractivity contribution in [1.29, 1.82) is 0 Å². The van der Waals surface area contributed by atoms with Gasteiger partial charge in [0.25, 0.3) is 0 Å². The number of benzene rings is 1. The molecule has 0 radical (unpaired) electrons.